The van der Waals surface area contributed by atoms with Crippen molar-refractivity contribution in [3.63, 3.8) is 0 Å². The van der Waals surface area contributed by atoms with Crippen LogP contribution in [0.2, 0.25) is 0 Å². The summed E-state index contributed by atoms with van der Waals surface area (Å²) in [6.45, 7) is 10.2. The van der Waals surface area contributed by atoms with Crippen LogP contribution in [0.5, 0.6) is 0 Å². The molecule has 2 aliphatic rings. The van der Waals surface area contributed by atoms with E-state index in [0.717, 1.165) is 43.6 Å². The molecule has 0 N–H and O–H groups in total. The number of hydrogen-bond acceptors (Lipinski definition) is 4. The summed E-state index contributed by atoms with van der Waals surface area (Å²) in [4.78, 5) is 19.4. The number of carbonyl (C=O) groups is 1. The molecule has 4 rings (SSSR count). The van der Waals surface area contributed by atoms with Crippen LogP contribution in [-0.4, -0.2) is 63.3 Å². The Balaban J connectivity index is 1.59. The lowest BCUT2D eigenvalue weighted by Gasteiger charge is -2.37. The number of likely N-dealkylation sites (N-methyl/N-ethyl adjacent to an activating group) is 1. The zero-order valence-electron chi connectivity index (χ0n) is 20.9. The minimum atomic E-state index is -4.45. The molecule has 0 aromatic heterocycles. The molecule has 0 radical (unpaired) electrons. The number of alkyl halides is 3. The molecule has 1 unspecified atom stereocenters. The first kappa shape index (κ1) is 25.5. The van der Waals surface area contributed by atoms with Gasteiger partial charge in [0.15, 0.2) is 0 Å². The van der Waals surface area contributed by atoms with Gasteiger partial charge in [0.2, 0.25) is 0 Å². The number of benzene rings is 2. The second-order valence-electron chi connectivity index (χ2n) is 10.5. The highest BCUT2D eigenvalue weighted by atomic mass is 19.4. The third-order valence-electron chi connectivity index (χ3n) is 6.88. The molecule has 2 fully saturated rings. The molecule has 2 aromatic carbocycles. The average molecular weight is 490 g/mol. The highest BCUT2D eigenvalue weighted by Crippen LogP contribution is 2.35. The van der Waals surface area contributed by atoms with Gasteiger partial charge in [-0.25, -0.2) is 0 Å². The van der Waals surface area contributed by atoms with Crippen LogP contribution >= 0.6 is 0 Å². The maximum atomic E-state index is 13.5. The molecular formula is C27H34F3N3O2. The number of carbonyl (C=O) groups excluding carboxylic acids is 1. The summed E-state index contributed by atoms with van der Waals surface area (Å²) >= 11 is 0. The monoisotopic (exact) mass is 489 g/mol. The van der Waals surface area contributed by atoms with Crippen LogP contribution in [0.25, 0.3) is 0 Å². The van der Waals surface area contributed by atoms with Gasteiger partial charge in [-0.1, -0.05) is 32.9 Å². The number of amides is 1. The Kier molecular flexibility index (Phi) is 7.16. The first-order valence-electron chi connectivity index (χ1n) is 12.1. The zero-order valence-corrected chi connectivity index (χ0v) is 20.9. The van der Waals surface area contributed by atoms with Crippen LogP contribution in [-0.2, 0) is 27.5 Å². The van der Waals surface area contributed by atoms with E-state index in [9.17, 15) is 18.0 Å². The van der Waals surface area contributed by atoms with Crippen LogP contribution in [0, 0.1) is 0 Å². The van der Waals surface area contributed by atoms with Crippen molar-refractivity contribution < 1.29 is 22.7 Å². The van der Waals surface area contributed by atoms with Crippen molar-refractivity contribution in [3.8, 4) is 0 Å². The van der Waals surface area contributed by atoms with E-state index in [1.807, 2.05) is 31.3 Å². The number of rotatable bonds is 4. The van der Waals surface area contributed by atoms with Crippen molar-refractivity contribution in [2.24, 2.45) is 0 Å². The fourth-order valence-electron chi connectivity index (χ4n) is 4.67. The van der Waals surface area contributed by atoms with E-state index in [4.69, 9.17) is 4.74 Å². The Labute approximate surface area is 205 Å². The zero-order chi connectivity index (χ0) is 25.4. The smallest absolute Gasteiger partial charge is 0.369 e. The molecular weight excluding hydrogens is 455 g/mol. The number of anilines is 2. The normalized spacial score (nSPS) is 20.4. The van der Waals surface area contributed by atoms with E-state index < -0.39 is 17.8 Å². The molecule has 2 aromatic rings. The van der Waals surface area contributed by atoms with Gasteiger partial charge in [-0.15, -0.1) is 0 Å². The lowest BCUT2D eigenvalue weighted by molar-refractivity contribution is -0.137. The Hall–Kier alpha value is -2.58. The van der Waals surface area contributed by atoms with Crippen LogP contribution in [0.1, 0.15) is 37.5 Å². The van der Waals surface area contributed by atoms with Crippen molar-refractivity contribution in [1.82, 2.24) is 4.90 Å². The Morgan fingerprint density at radius 3 is 2.14 bits per heavy atom. The fourth-order valence-corrected chi connectivity index (χ4v) is 4.67. The Morgan fingerprint density at radius 2 is 1.54 bits per heavy atom. The molecule has 0 bridgehead atoms. The van der Waals surface area contributed by atoms with Gasteiger partial charge in [0, 0.05) is 50.5 Å². The molecule has 2 aliphatic heterocycles. The first-order chi connectivity index (χ1) is 16.4. The third-order valence-corrected chi connectivity index (χ3v) is 6.88. The van der Waals surface area contributed by atoms with Crippen molar-refractivity contribution in [2.45, 2.75) is 44.9 Å². The predicted molar refractivity (Wildman–Crippen MR) is 132 cm³/mol. The van der Waals surface area contributed by atoms with Crippen molar-refractivity contribution in [3.05, 3.63) is 59.2 Å². The van der Waals surface area contributed by atoms with Crippen molar-refractivity contribution in [2.75, 3.05) is 56.2 Å². The summed E-state index contributed by atoms with van der Waals surface area (Å²) in [5, 5.41) is 0. The van der Waals surface area contributed by atoms with Crippen LogP contribution in [0.4, 0.5) is 24.5 Å². The summed E-state index contributed by atoms with van der Waals surface area (Å²) in [6, 6.07) is 11.8. The highest BCUT2D eigenvalue weighted by molar-refractivity contribution is 5.97. The SMILES string of the molecule is CN1CCN(c2ccc(C(F)(F)F)cc2CC2OCCN(c3ccc(C(C)(C)C)cc3)C2=O)CC1. The van der Waals surface area contributed by atoms with E-state index in [-0.39, 0.29) is 17.7 Å². The molecule has 190 valence electrons. The highest BCUT2D eigenvalue weighted by Gasteiger charge is 2.35. The van der Waals surface area contributed by atoms with Gasteiger partial charge in [-0.05, 0) is 53.9 Å². The maximum absolute atomic E-state index is 13.5. The lowest BCUT2D eigenvalue weighted by Crippen LogP contribution is -2.49. The third kappa shape index (κ3) is 5.81. The number of morpholine rings is 1. The van der Waals surface area contributed by atoms with Gasteiger partial charge in [0.1, 0.15) is 6.10 Å². The second-order valence-corrected chi connectivity index (χ2v) is 10.5. The molecule has 1 amide bonds. The number of halogens is 3. The molecule has 0 spiro atoms. The average Bonchev–Trinajstić information content (AvgIpc) is 2.80. The first-order valence-corrected chi connectivity index (χ1v) is 12.1. The summed E-state index contributed by atoms with van der Waals surface area (Å²) in [5.74, 6) is -0.221. The Morgan fingerprint density at radius 1 is 0.914 bits per heavy atom. The molecule has 5 nitrogen and oxygen atoms in total. The largest absolute Gasteiger partial charge is 0.416 e. The lowest BCUT2D eigenvalue weighted by atomic mass is 9.87. The van der Waals surface area contributed by atoms with Gasteiger partial charge in [-0.3, -0.25) is 4.79 Å². The summed E-state index contributed by atoms with van der Waals surface area (Å²) in [5.41, 5.74) is 2.48. The molecule has 2 saturated heterocycles. The molecule has 35 heavy (non-hydrogen) atoms. The van der Waals surface area contributed by atoms with E-state index in [1.165, 1.54) is 11.6 Å². The molecule has 0 aliphatic carbocycles. The van der Waals surface area contributed by atoms with Crippen LogP contribution in [0.15, 0.2) is 42.5 Å². The number of nitrogens with zero attached hydrogens (tertiary/aromatic N) is 3. The number of ether oxygens (including phenoxy) is 1. The Bertz CT molecular complexity index is 1040. The van der Waals surface area contributed by atoms with E-state index in [1.54, 1.807) is 11.0 Å². The topological polar surface area (TPSA) is 36.0 Å². The predicted octanol–water partition coefficient (Wildman–Crippen LogP) is 4.73. The minimum Gasteiger partial charge on any atom is -0.369 e. The van der Waals surface area contributed by atoms with E-state index >= 15 is 0 Å². The van der Waals surface area contributed by atoms with Crippen molar-refractivity contribution >= 4 is 17.3 Å². The summed E-state index contributed by atoms with van der Waals surface area (Å²) in [6.07, 6.45) is -5.19. The molecule has 0 saturated carbocycles. The number of piperazine rings is 1. The quantitative estimate of drug-likeness (QED) is 0.622. The van der Waals surface area contributed by atoms with Gasteiger partial charge in [0.25, 0.3) is 5.91 Å². The van der Waals surface area contributed by atoms with Gasteiger partial charge in [0.05, 0.1) is 12.2 Å². The summed E-state index contributed by atoms with van der Waals surface area (Å²) in [7, 11) is 2.03. The number of hydrogen-bond donors (Lipinski definition) is 0. The molecule has 2 heterocycles. The van der Waals surface area contributed by atoms with E-state index in [2.05, 4.69) is 30.6 Å². The van der Waals surface area contributed by atoms with Crippen LogP contribution < -0.4 is 9.80 Å². The van der Waals surface area contributed by atoms with Gasteiger partial charge < -0.3 is 19.4 Å². The van der Waals surface area contributed by atoms with Crippen LogP contribution in [0.3, 0.4) is 0 Å². The van der Waals surface area contributed by atoms with E-state index in [0.29, 0.717) is 18.7 Å². The molecule has 8 heteroatoms. The standard InChI is InChI=1S/C27H34F3N3O2/c1-26(2,3)20-5-8-22(9-6-20)33-15-16-35-24(25(33)34)18-19-17-21(27(28,29)30)7-10-23(19)32-13-11-31(4)12-14-32/h5-10,17,24H,11-16,18H2,1-4H3. The van der Waals surface area contributed by atoms with Crippen molar-refractivity contribution in [1.29, 1.82) is 0 Å². The summed E-state index contributed by atoms with van der Waals surface area (Å²) < 4.78 is 46.4. The second kappa shape index (κ2) is 9.82. The minimum absolute atomic E-state index is 0.000751. The van der Waals surface area contributed by atoms with Gasteiger partial charge >= 0.3 is 6.18 Å². The molecule has 1 atom stereocenters. The van der Waals surface area contributed by atoms with Gasteiger partial charge in [-0.2, -0.15) is 13.2 Å². The fraction of sp³-hybridized carbons (Fsp3) is 0.519. The maximum Gasteiger partial charge on any atom is 0.416 e.